The van der Waals surface area contributed by atoms with Gasteiger partial charge in [-0.2, -0.15) is 0 Å². The Balaban J connectivity index is 1.69. The topological polar surface area (TPSA) is 168 Å². The Bertz CT molecular complexity index is 1410. The maximum absolute atomic E-state index is 14.1. The zero-order valence-electron chi connectivity index (χ0n) is 24.4. The Morgan fingerprint density at radius 3 is 2.44 bits per heavy atom. The first kappa shape index (κ1) is 29.1. The van der Waals surface area contributed by atoms with E-state index in [1.54, 1.807) is 25.1 Å². The van der Waals surface area contributed by atoms with E-state index in [4.69, 9.17) is 5.73 Å². The molecule has 0 bridgehead atoms. The Labute approximate surface area is 239 Å². The molecule has 3 aliphatic carbocycles. The summed E-state index contributed by atoms with van der Waals surface area (Å²) >= 11 is 0. The van der Waals surface area contributed by atoms with Gasteiger partial charge in [-0.3, -0.25) is 24.2 Å². The number of hydrogen-bond acceptors (Lipinski definition) is 10. The second kappa shape index (κ2) is 9.85. The molecular formula is C30H40N4O7. The summed E-state index contributed by atoms with van der Waals surface area (Å²) in [6, 6.07) is 0.650. The third-order valence-corrected chi connectivity index (χ3v) is 9.39. The number of phenolic OH excluding ortho intramolecular Hbond substituents is 1. The van der Waals surface area contributed by atoms with E-state index in [-0.39, 0.29) is 35.8 Å². The summed E-state index contributed by atoms with van der Waals surface area (Å²) in [6.07, 6.45) is 1.19. The van der Waals surface area contributed by atoms with Gasteiger partial charge in [-0.05, 0) is 69.4 Å². The van der Waals surface area contributed by atoms with Crippen molar-refractivity contribution >= 4 is 23.2 Å². The first-order chi connectivity index (χ1) is 19.1. The lowest BCUT2D eigenvalue weighted by Crippen LogP contribution is -2.63. The minimum absolute atomic E-state index is 0.0417. The van der Waals surface area contributed by atoms with Gasteiger partial charge in [0.15, 0.2) is 11.4 Å². The second-order valence-electron chi connectivity index (χ2n) is 12.7. The highest BCUT2D eigenvalue weighted by Crippen LogP contribution is 2.54. The first-order valence-electron chi connectivity index (χ1n) is 14.1. The average molecular weight is 569 g/mol. The van der Waals surface area contributed by atoms with Crippen LogP contribution in [0.5, 0.6) is 5.75 Å². The molecule has 1 aromatic rings. The van der Waals surface area contributed by atoms with Crippen molar-refractivity contribution in [3.8, 4) is 5.75 Å². The highest BCUT2D eigenvalue weighted by molar-refractivity contribution is 6.24. The minimum Gasteiger partial charge on any atom is -0.510 e. The molecule has 1 aromatic carbocycles. The lowest BCUT2D eigenvalue weighted by atomic mass is 9.58. The fraction of sp³-hybridized carbons (Fsp3) is 0.567. The van der Waals surface area contributed by atoms with Crippen molar-refractivity contribution in [3.05, 3.63) is 45.4 Å². The van der Waals surface area contributed by atoms with Crippen LogP contribution in [0.2, 0.25) is 0 Å². The van der Waals surface area contributed by atoms with E-state index in [2.05, 4.69) is 30.7 Å². The number of ketones is 2. The Morgan fingerprint density at radius 2 is 1.85 bits per heavy atom. The molecular weight excluding hydrogens is 528 g/mol. The zero-order valence-corrected chi connectivity index (χ0v) is 24.4. The number of aliphatic hydroxyl groups is 3. The monoisotopic (exact) mass is 568 g/mol. The zero-order chi connectivity index (χ0) is 30.3. The van der Waals surface area contributed by atoms with Gasteiger partial charge in [0, 0.05) is 43.4 Å². The molecule has 0 radical (unpaired) electrons. The Morgan fingerprint density at radius 1 is 1.20 bits per heavy atom. The fourth-order valence-corrected chi connectivity index (χ4v) is 7.79. The van der Waals surface area contributed by atoms with Crippen molar-refractivity contribution in [3.63, 3.8) is 0 Å². The van der Waals surface area contributed by atoms with Crippen LogP contribution in [0.15, 0.2) is 28.7 Å². The molecule has 1 unspecified atom stereocenters. The first-order valence-corrected chi connectivity index (χ1v) is 14.1. The molecule has 0 aromatic heterocycles. The van der Waals surface area contributed by atoms with Gasteiger partial charge in [0.1, 0.15) is 22.8 Å². The number of anilines is 1. The molecule has 5 rings (SSSR count). The van der Waals surface area contributed by atoms with Crippen molar-refractivity contribution in [1.29, 1.82) is 0 Å². The van der Waals surface area contributed by atoms with Crippen molar-refractivity contribution < 1.29 is 34.8 Å². The molecule has 5 atom stereocenters. The van der Waals surface area contributed by atoms with Crippen LogP contribution < -0.4 is 10.6 Å². The van der Waals surface area contributed by atoms with Crippen LogP contribution in [0.1, 0.15) is 54.2 Å². The van der Waals surface area contributed by atoms with Crippen molar-refractivity contribution in [1.82, 2.24) is 9.80 Å². The van der Waals surface area contributed by atoms with Gasteiger partial charge in [0.05, 0.1) is 11.6 Å². The quantitative estimate of drug-likeness (QED) is 0.329. The number of fused-ring (bicyclic) bond motifs is 5. The number of benzene rings is 1. The standard InChI is InChI=1S/C30H40N4O7/c1-13(2)12-34(6)18-7-8-33(5)23-15(18)11-19(35)21-16(23)9-14-10-17-24(32(3)4)26(37)22(29(31)40)28(39)30(17,41)27(38)20(14)25(21)36/h11,13-14,17-18,24,35,37-38,41H,7-10,12H2,1-6H3,(H2,31,40)/t14-,17-,18?,24+,30-/m0/s1. The third kappa shape index (κ3) is 4.08. The predicted molar refractivity (Wildman–Crippen MR) is 152 cm³/mol. The fourth-order valence-electron chi connectivity index (χ4n) is 7.79. The highest BCUT2D eigenvalue weighted by Gasteiger charge is 2.63. The average Bonchev–Trinajstić information content (AvgIpc) is 2.85. The summed E-state index contributed by atoms with van der Waals surface area (Å²) in [6.45, 7) is 5.91. The summed E-state index contributed by atoms with van der Waals surface area (Å²) in [7, 11) is 7.25. The molecule has 11 nitrogen and oxygen atoms in total. The molecule has 0 saturated carbocycles. The van der Waals surface area contributed by atoms with Crippen molar-refractivity contribution in [2.45, 2.75) is 50.8 Å². The number of aliphatic hydroxyl groups excluding tert-OH is 2. The van der Waals surface area contributed by atoms with Crippen LogP contribution in [0, 0.1) is 17.8 Å². The molecule has 0 spiro atoms. The summed E-state index contributed by atoms with van der Waals surface area (Å²) in [5.74, 6) is -6.00. The minimum atomic E-state index is -2.64. The van der Waals surface area contributed by atoms with E-state index in [1.165, 1.54) is 0 Å². The largest absolute Gasteiger partial charge is 0.510 e. The maximum atomic E-state index is 14.1. The number of phenols is 1. The summed E-state index contributed by atoms with van der Waals surface area (Å²) < 4.78 is 0. The molecule has 41 heavy (non-hydrogen) atoms. The lowest BCUT2D eigenvalue weighted by Gasteiger charge is -2.50. The number of Topliss-reactive ketones (excluding diaryl/α,β-unsaturated/α-hetero) is 2. The smallest absolute Gasteiger partial charge is 0.255 e. The number of nitrogens with two attached hydrogens (primary N) is 1. The van der Waals surface area contributed by atoms with E-state index in [0.717, 1.165) is 30.8 Å². The number of primary amides is 1. The van der Waals surface area contributed by atoms with E-state index in [9.17, 15) is 34.8 Å². The number of amides is 1. The highest BCUT2D eigenvalue weighted by atomic mass is 16.3. The third-order valence-electron chi connectivity index (χ3n) is 9.39. The van der Waals surface area contributed by atoms with Crippen LogP contribution in [0.3, 0.4) is 0 Å². The number of carbonyl (C=O) groups is 3. The molecule has 222 valence electrons. The SMILES string of the molecule is CC(C)CN(C)C1CCN(C)c2c1cc(O)c1c2C[C@H]2C[C@H]3[C@@H](N(C)C)C(O)=C(C(N)=O)C(=O)[C@@]3(O)C(O)=C2C1=O. The molecule has 1 heterocycles. The molecule has 1 amide bonds. The summed E-state index contributed by atoms with van der Waals surface area (Å²) in [4.78, 5) is 45.6. The second-order valence-corrected chi connectivity index (χ2v) is 12.7. The van der Waals surface area contributed by atoms with Gasteiger partial charge in [-0.1, -0.05) is 13.8 Å². The number of rotatable bonds is 5. The van der Waals surface area contributed by atoms with E-state index >= 15 is 0 Å². The van der Waals surface area contributed by atoms with Crippen LogP contribution in [-0.4, -0.2) is 101 Å². The number of aromatic hydroxyl groups is 1. The Hall–Kier alpha value is -3.41. The molecule has 11 heteroatoms. The van der Waals surface area contributed by atoms with Gasteiger partial charge in [0.25, 0.3) is 5.91 Å². The van der Waals surface area contributed by atoms with Gasteiger partial charge >= 0.3 is 0 Å². The molecule has 1 aliphatic heterocycles. The van der Waals surface area contributed by atoms with Gasteiger partial charge in [-0.25, -0.2) is 0 Å². The van der Waals surface area contributed by atoms with Crippen LogP contribution >= 0.6 is 0 Å². The number of nitrogens with zero attached hydrogens (tertiary/aromatic N) is 3. The van der Waals surface area contributed by atoms with Crippen LogP contribution in [-0.2, 0) is 16.0 Å². The summed E-state index contributed by atoms with van der Waals surface area (Å²) in [5, 5.41) is 45.5. The van der Waals surface area contributed by atoms with Crippen molar-refractivity contribution in [2.75, 3.05) is 46.2 Å². The van der Waals surface area contributed by atoms with E-state index in [0.29, 0.717) is 11.5 Å². The lowest BCUT2D eigenvalue weighted by molar-refractivity contribution is -0.148. The molecule has 6 N–H and O–H groups in total. The van der Waals surface area contributed by atoms with Gasteiger partial charge in [-0.15, -0.1) is 0 Å². The number of likely N-dealkylation sites (N-methyl/N-ethyl adjacent to an activating group) is 1. The van der Waals surface area contributed by atoms with Gasteiger partial charge in [0.2, 0.25) is 5.78 Å². The van der Waals surface area contributed by atoms with Crippen LogP contribution in [0.25, 0.3) is 0 Å². The number of allylic oxidation sites excluding steroid dienone is 1. The Kier molecular flexibility index (Phi) is 6.99. The molecule has 0 saturated heterocycles. The summed E-state index contributed by atoms with van der Waals surface area (Å²) in [5.41, 5.74) is 4.32. The molecule has 0 fully saturated rings. The van der Waals surface area contributed by atoms with E-state index < -0.39 is 58.0 Å². The van der Waals surface area contributed by atoms with E-state index in [1.807, 2.05) is 7.05 Å². The normalized spacial score (nSPS) is 29.7. The number of hydrogen-bond donors (Lipinski definition) is 5. The van der Waals surface area contributed by atoms with Crippen molar-refractivity contribution in [2.24, 2.45) is 23.5 Å². The van der Waals surface area contributed by atoms with Crippen LogP contribution in [0.4, 0.5) is 5.69 Å². The molecule has 4 aliphatic rings. The maximum Gasteiger partial charge on any atom is 0.255 e. The predicted octanol–water partition coefficient (Wildman–Crippen LogP) is 1.59. The van der Waals surface area contributed by atoms with Gasteiger partial charge < -0.3 is 31.1 Å². The number of carbonyl (C=O) groups excluding carboxylic acids is 3.